The number of carbonyl (C=O) groups is 2. The Hall–Kier alpha value is -2.27. The quantitative estimate of drug-likeness (QED) is 0.851. The van der Waals surface area contributed by atoms with Gasteiger partial charge in [0.2, 0.25) is 0 Å². The number of H-pyrrole nitrogens is 1. The Morgan fingerprint density at radius 3 is 2.80 bits per heavy atom. The molecule has 5 nitrogen and oxygen atoms in total. The predicted molar refractivity (Wildman–Crippen MR) is 75.9 cm³/mol. The van der Waals surface area contributed by atoms with Gasteiger partial charge in [-0.25, -0.2) is 4.79 Å². The fraction of sp³-hybridized carbons (Fsp3) is 0.143. The number of hydrogen-bond acceptors (Lipinski definition) is 3. The fourth-order valence-corrected chi connectivity index (χ4v) is 1.77. The lowest BCUT2D eigenvalue weighted by Crippen LogP contribution is -2.21. The van der Waals surface area contributed by atoms with Gasteiger partial charge in [0.15, 0.2) is 6.61 Å². The van der Waals surface area contributed by atoms with Crippen molar-refractivity contribution in [1.82, 2.24) is 4.98 Å². The van der Waals surface area contributed by atoms with Gasteiger partial charge >= 0.3 is 5.97 Å². The van der Waals surface area contributed by atoms with Crippen molar-refractivity contribution in [2.24, 2.45) is 0 Å². The van der Waals surface area contributed by atoms with Crippen molar-refractivity contribution in [3.05, 3.63) is 52.8 Å². The largest absolute Gasteiger partial charge is 0.451 e. The minimum Gasteiger partial charge on any atom is -0.451 e. The van der Waals surface area contributed by atoms with E-state index in [1.807, 2.05) is 0 Å². The van der Waals surface area contributed by atoms with Crippen LogP contribution in [-0.2, 0) is 9.53 Å². The molecule has 0 aliphatic rings. The second kappa shape index (κ2) is 6.25. The minimum atomic E-state index is -0.576. The molecule has 0 aliphatic carbocycles. The molecule has 104 valence electrons. The minimum absolute atomic E-state index is 0.303. The molecule has 2 N–H and O–H groups in total. The van der Waals surface area contributed by atoms with E-state index in [0.717, 1.165) is 5.56 Å². The zero-order valence-corrected chi connectivity index (χ0v) is 11.5. The summed E-state index contributed by atoms with van der Waals surface area (Å²) in [6.07, 6.45) is 1.60. The summed E-state index contributed by atoms with van der Waals surface area (Å²) in [6.45, 7) is 1.44. The van der Waals surface area contributed by atoms with Crippen molar-refractivity contribution in [1.29, 1.82) is 0 Å². The first-order chi connectivity index (χ1) is 9.58. The molecule has 6 heteroatoms. The lowest BCUT2D eigenvalue weighted by Gasteiger charge is -2.09. The third-order valence-electron chi connectivity index (χ3n) is 2.69. The van der Waals surface area contributed by atoms with Crippen molar-refractivity contribution in [2.45, 2.75) is 6.92 Å². The molecule has 0 aliphatic heterocycles. The Morgan fingerprint density at radius 2 is 2.10 bits per heavy atom. The fourth-order valence-electron chi connectivity index (χ4n) is 1.60. The maximum atomic E-state index is 11.7. The van der Waals surface area contributed by atoms with E-state index in [9.17, 15) is 9.59 Å². The number of nitrogens with one attached hydrogen (secondary N) is 2. The van der Waals surface area contributed by atoms with Crippen LogP contribution < -0.4 is 5.32 Å². The van der Waals surface area contributed by atoms with Gasteiger partial charge in [-0.05, 0) is 36.8 Å². The van der Waals surface area contributed by atoms with Gasteiger partial charge in [-0.2, -0.15) is 0 Å². The average molecular weight is 293 g/mol. The molecule has 0 fully saturated rings. The molecule has 1 aromatic carbocycles. The van der Waals surface area contributed by atoms with E-state index < -0.39 is 11.9 Å². The van der Waals surface area contributed by atoms with Crippen LogP contribution in [0.25, 0.3) is 0 Å². The van der Waals surface area contributed by atoms with Gasteiger partial charge in [-0.1, -0.05) is 17.7 Å². The van der Waals surface area contributed by atoms with Gasteiger partial charge in [0, 0.05) is 16.9 Å². The number of esters is 1. The lowest BCUT2D eigenvalue weighted by atomic mass is 10.2. The summed E-state index contributed by atoms with van der Waals surface area (Å²) >= 11 is 5.95. The van der Waals surface area contributed by atoms with Gasteiger partial charge in [0.25, 0.3) is 5.91 Å². The number of amides is 1. The normalized spacial score (nSPS) is 10.1. The van der Waals surface area contributed by atoms with Gasteiger partial charge < -0.3 is 15.0 Å². The molecule has 2 rings (SSSR count). The molecule has 0 saturated carbocycles. The van der Waals surface area contributed by atoms with E-state index in [-0.39, 0.29) is 6.61 Å². The number of hydrogen-bond donors (Lipinski definition) is 2. The first kappa shape index (κ1) is 14.1. The van der Waals surface area contributed by atoms with Crippen LogP contribution in [0.2, 0.25) is 5.02 Å². The molecule has 0 spiro atoms. The Bertz CT molecular complexity index is 623. The van der Waals surface area contributed by atoms with Gasteiger partial charge in [-0.15, -0.1) is 0 Å². The summed E-state index contributed by atoms with van der Waals surface area (Å²) in [5.41, 5.74) is 1.66. The Labute approximate surface area is 120 Å². The summed E-state index contributed by atoms with van der Waals surface area (Å²) in [5, 5.41) is 3.20. The van der Waals surface area contributed by atoms with Crippen LogP contribution in [0.1, 0.15) is 16.1 Å². The van der Waals surface area contributed by atoms with E-state index in [1.165, 1.54) is 0 Å². The lowest BCUT2D eigenvalue weighted by molar-refractivity contribution is -0.119. The average Bonchev–Trinajstić information content (AvgIpc) is 2.95. The zero-order chi connectivity index (χ0) is 14.5. The summed E-state index contributed by atoms with van der Waals surface area (Å²) in [6, 6.07) is 8.44. The van der Waals surface area contributed by atoms with Crippen molar-refractivity contribution in [3.8, 4) is 0 Å². The van der Waals surface area contributed by atoms with Crippen LogP contribution >= 0.6 is 11.6 Å². The van der Waals surface area contributed by atoms with Crippen LogP contribution in [0.15, 0.2) is 36.5 Å². The van der Waals surface area contributed by atoms with Crippen LogP contribution in [0.4, 0.5) is 5.69 Å². The summed E-state index contributed by atoms with van der Waals surface area (Å²) in [4.78, 5) is 25.9. The van der Waals surface area contributed by atoms with Gasteiger partial charge in [0.05, 0.1) is 0 Å². The zero-order valence-electron chi connectivity index (χ0n) is 10.8. The number of aromatic nitrogens is 1. The van der Waals surface area contributed by atoms with Crippen LogP contribution in [0, 0.1) is 6.92 Å². The molecular weight excluding hydrogens is 280 g/mol. The number of ether oxygens (including phenoxy) is 1. The molecule has 1 amide bonds. The molecule has 0 unspecified atom stereocenters. The van der Waals surface area contributed by atoms with E-state index in [1.54, 1.807) is 43.5 Å². The number of benzene rings is 1. The maximum Gasteiger partial charge on any atom is 0.355 e. The molecule has 0 bridgehead atoms. The monoisotopic (exact) mass is 292 g/mol. The molecule has 20 heavy (non-hydrogen) atoms. The topological polar surface area (TPSA) is 71.2 Å². The van der Waals surface area contributed by atoms with Crippen molar-refractivity contribution >= 4 is 29.2 Å². The molecule has 2 aromatic rings. The number of aromatic amines is 1. The predicted octanol–water partition coefficient (Wildman–Crippen LogP) is 2.77. The van der Waals surface area contributed by atoms with Gasteiger partial charge in [-0.3, -0.25) is 4.79 Å². The van der Waals surface area contributed by atoms with E-state index in [4.69, 9.17) is 16.3 Å². The second-order valence-corrected chi connectivity index (χ2v) is 4.53. The van der Waals surface area contributed by atoms with E-state index >= 15 is 0 Å². The highest BCUT2D eigenvalue weighted by Crippen LogP contribution is 2.22. The second-order valence-electron chi connectivity index (χ2n) is 4.12. The highest BCUT2D eigenvalue weighted by Gasteiger charge is 2.11. The molecular formula is C14H13ClN2O3. The summed E-state index contributed by atoms with van der Waals surface area (Å²) in [7, 11) is 0. The maximum absolute atomic E-state index is 11.7. The third kappa shape index (κ3) is 3.39. The van der Waals surface area contributed by atoms with Crippen molar-refractivity contribution in [3.63, 3.8) is 0 Å². The van der Waals surface area contributed by atoms with Crippen molar-refractivity contribution in [2.75, 3.05) is 11.9 Å². The molecule has 0 saturated heterocycles. The van der Waals surface area contributed by atoms with Crippen LogP contribution in [0.3, 0.4) is 0 Å². The molecule has 0 radical (unpaired) electrons. The molecule has 0 atom stereocenters. The number of halogens is 1. The number of anilines is 1. The highest BCUT2D eigenvalue weighted by molar-refractivity contribution is 6.31. The standard InChI is InChI=1S/C14H13ClN2O3/c1-9-10(15)4-2-5-11(9)17-13(18)8-20-14(19)12-6-3-7-16-12/h2-7,16H,8H2,1H3,(H,17,18). The summed E-state index contributed by atoms with van der Waals surface area (Å²) < 4.78 is 4.88. The van der Waals surface area contributed by atoms with Crippen LogP contribution in [-0.4, -0.2) is 23.5 Å². The number of carbonyl (C=O) groups excluding carboxylic acids is 2. The first-order valence-corrected chi connectivity index (χ1v) is 6.31. The van der Waals surface area contributed by atoms with E-state index in [2.05, 4.69) is 10.3 Å². The first-order valence-electron chi connectivity index (χ1n) is 5.93. The highest BCUT2D eigenvalue weighted by atomic mass is 35.5. The molecule has 1 aromatic heterocycles. The Kier molecular flexibility index (Phi) is 4.42. The van der Waals surface area contributed by atoms with Crippen LogP contribution in [0.5, 0.6) is 0 Å². The Morgan fingerprint density at radius 1 is 1.30 bits per heavy atom. The SMILES string of the molecule is Cc1c(Cl)cccc1NC(=O)COC(=O)c1ccc[nH]1. The van der Waals surface area contributed by atoms with Gasteiger partial charge in [0.1, 0.15) is 5.69 Å². The summed E-state index contributed by atoms with van der Waals surface area (Å²) in [5.74, 6) is -0.997. The van der Waals surface area contributed by atoms with Crippen molar-refractivity contribution < 1.29 is 14.3 Å². The third-order valence-corrected chi connectivity index (χ3v) is 3.10. The smallest absolute Gasteiger partial charge is 0.355 e. The molecule has 1 heterocycles. The number of rotatable bonds is 4. The Balaban J connectivity index is 1.90. The van der Waals surface area contributed by atoms with E-state index in [0.29, 0.717) is 16.4 Å².